The van der Waals surface area contributed by atoms with Gasteiger partial charge in [-0.25, -0.2) is 12.7 Å². The molecule has 3 heterocycles. The first-order valence-corrected chi connectivity index (χ1v) is 10.7. The van der Waals surface area contributed by atoms with Gasteiger partial charge in [-0.1, -0.05) is 6.42 Å². The molecule has 0 aromatic rings. The molecule has 0 aromatic heterocycles. The molecule has 3 aliphatic rings. The van der Waals surface area contributed by atoms with E-state index in [1.807, 2.05) is 0 Å². The van der Waals surface area contributed by atoms with Gasteiger partial charge in [0.25, 0.3) is 0 Å². The normalized spacial score (nSPS) is 29.9. The van der Waals surface area contributed by atoms with Crippen LogP contribution in [0.2, 0.25) is 0 Å². The van der Waals surface area contributed by atoms with E-state index in [-0.39, 0.29) is 0 Å². The van der Waals surface area contributed by atoms with Crippen molar-refractivity contribution in [2.75, 3.05) is 51.6 Å². The summed E-state index contributed by atoms with van der Waals surface area (Å²) in [6.45, 7) is 6.64. The van der Waals surface area contributed by atoms with Crippen LogP contribution in [0, 0.1) is 0 Å². The van der Waals surface area contributed by atoms with Gasteiger partial charge in [-0.15, -0.1) is 0 Å². The minimum atomic E-state index is -3.09. The molecule has 0 aliphatic carbocycles. The fourth-order valence-corrected chi connectivity index (χ4v) is 5.68. The highest BCUT2D eigenvalue weighted by Crippen LogP contribution is 2.22. The molecule has 3 saturated heterocycles. The van der Waals surface area contributed by atoms with Crippen molar-refractivity contribution in [3.8, 4) is 0 Å². The Morgan fingerprint density at radius 2 is 1.45 bits per heavy atom. The van der Waals surface area contributed by atoms with Gasteiger partial charge in [-0.05, 0) is 64.7 Å². The van der Waals surface area contributed by atoms with Crippen molar-refractivity contribution in [2.24, 2.45) is 0 Å². The fourth-order valence-electron chi connectivity index (χ4n) is 4.12. The van der Waals surface area contributed by atoms with Gasteiger partial charge in [0.05, 0.1) is 5.75 Å². The third-order valence-corrected chi connectivity index (χ3v) is 7.34. The SMILES string of the molecule is O=S(=O)(CCN1CCCC1)N1CCCC[C@H](N2CCCC2)C1. The Balaban J connectivity index is 1.57. The molecule has 0 spiro atoms. The van der Waals surface area contributed by atoms with Gasteiger partial charge in [0.1, 0.15) is 0 Å². The van der Waals surface area contributed by atoms with Crippen LogP contribution in [0.15, 0.2) is 0 Å². The largest absolute Gasteiger partial charge is 0.302 e. The van der Waals surface area contributed by atoms with E-state index in [0.717, 1.165) is 52.1 Å². The number of nitrogens with zero attached hydrogens (tertiary/aromatic N) is 3. The number of sulfonamides is 1. The van der Waals surface area contributed by atoms with Crippen LogP contribution in [0.5, 0.6) is 0 Å². The van der Waals surface area contributed by atoms with Crippen LogP contribution in [0.1, 0.15) is 44.9 Å². The first kappa shape index (κ1) is 16.7. The molecular weight excluding hydrogens is 298 g/mol. The lowest BCUT2D eigenvalue weighted by Crippen LogP contribution is -2.45. The van der Waals surface area contributed by atoms with Gasteiger partial charge in [-0.2, -0.15) is 0 Å². The van der Waals surface area contributed by atoms with E-state index in [9.17, 15) is 8.42 Å². The summed E-state index contributed by atoms with van der Waals surface area (Å²) in [5, 5.41) is 0. The molecule has 5 nitrogen and oxygen atoms in total. The van der Waals surface area contributed by atoms with Gasteiger partial charge < -0.3 is 4.90 Å². The first-order chi connectivity index (χ1) is 10.6. The van der Waals surface area contributed by atoms with Crippen LogP contribution >= 0.6 is 0 Å². The van der Waals surface area contributed by atoms with E-state index < -0.39 is 10.0 Å². The summed E-state index contributed by atoms with van der Waals surface area (Å²) in [6.07, 6.45) is 8.35. The molecule has 0 bridgehead atoms. The second-order valence-electron chi connectivity index (χ2n) is 7.12. The van der Waals surface area contributed by atoms with Crippen LogP contribution in [-0.2, 0) is 10.0 Å². The molecule has 3 rings (SSSR count). The van der Waals surface area contributed by atoms with Gasteiger partial charge in [-0.3, -0.25) is 4.90 Å². The van der Waals surface area contributed by atoms with E-state index in [0.29, 0.717) is 18.3 Å². The quantitative estimate of drug-likeness (QED) is 0.764. The third kappa shape index (κ3) is 4.22. The third-order valence-electron chi connectivity index (χ3n) is 5.52. The average Bonchev–Trinajstić information content (AvgIpc) is 3.15. The maximum atomic E-state index is 12.7. The maximum Gasteiger partial charge on any atom is 0.215 e. The van der Waals surface area contributed by atoms with Crippen molar-refractivity contribution in [1.29, 1.82) is 0 Å². The van der Waals surface area contributed by atoms with Crippen molar-refractivity contribution >= 4 is 10.0 Å². The van der Waals surface area contributed by atoms with Crippen molar-refractivity contribution in [3.05, 3.63) is 0 Å². The van der Waals surface area contributed by atoms with E-state index in [2.05, 4.69) is 9.80 Å². The second kappa shape index (κ2) is 7.60. The van der Waals surface area contributed by atoms with Gasteiger partial charge in [0.2, 0.25) is 10.0 Å². The predicted molar refractivity (Wildman–Crippen MR) is 89.5 cm³/mol. The second-order valence-corrected chi connectivity index (χ2v) is 9.20. The molecule has 22 heavy (non-hydrogen) atoms. The van der Waals surface area contributed by atoms with Gasteiger partial charge in [0.15, 0.2) is 0 Å². The Hall–Kier alpha value is -0.170. The van der Waals surface area contributed by atoms with Crippen molar-refractivity contribution in [2.45, 2.75) is 51.0 Å². The molecule has 0 radical (unpaired) electrons. The van der Waals surface area contributed by atoms with Crippen molar-refractivity contribution in [1.82, 2.24) is 14.1 Å². The molecular formula is C16H31N3O2S. The van der Waals surface area contributed by atoms with Crippen LogP contribution in [0.4, 0.5) is 0 Å². The lowest BCUT2D eigenvalue weighted by atomic mass is 10.1. The zero-order valence-electron chi connectivity index (χ0n) is 13.8. The monoisotopic (exact) mass is 329 g/mol. The molecule has 0 saturated carbocycles. The predicted octanol–water partition coefficient (Wildman–Crippen LogP) is 1.36. The fraction of sp³-hybridized carbons (Fsp3) is 1.00. The van der Waals surface area contributed by atoms with Gasteiger partial charge in [0, 0.05) is 25.7 Å². The summed E-state index contributed by atoms with van der Waals surface area (Å²) in [5.74, 6) is 0.305. The first-order valence-electron chi connectivity index (χ1n) is 9.09. The molecule has 0 amide bonds. The molecule has 128 valence electrons. The Labute approximate surface area is 135 Å². The van der Waals surface area contributed by atoms with Crippen molar-refractivity contribution < 1.29 is 8.42 Å². The molecule has 3 aliphatic heterocycles. The molecule has 1 atom stereocenters. The zero-order valence-corrected chi connectivity index (χ0v) is 14.6. The maximum absolute atomic E-state index is 12.7. The highest BCUT2D eigenvalue weighted by molar-refractivity contribution is 7.89. The summed E-state index contributed by atoms with van der Waals surface area (Å²) in [7, 11) is -3.09. The number of hydrogen-bond acceptors (Lipinski definition) is 4. The molecule has 3 fully saturated rings. The lowest BCUT2D eigenvalue weighted by molar-refractivity contribution is 0.208. The van der Waals surface area contributed by atoms with E-state index >= 15 is 0 Å². The Kier molecular flexibility index (Phi) is 5.76. The number of likely N-dealkylation sites (tertiary alicyclic amines) is 2. The van der Waals surface area contributed by atoms with Crippen LogP contribution < -0.4 is 0 Å². The van der Waals surface area contributed by atoms with E-state index in [4.69, 9.17) is 0 Å². The standard InChI is InChI=1S/C16H31N3O2S/c20-22(21,14-13-17-8-3-4-9-17)19-12-2-1-7-16(15-19)18-10-5-6-11-18/h16H,1-15H2/t16-/m0/s1. The summed E-state index contributed by atoms with van der Waals surface area (Å²) in [4.78, 5) is 4.82. The zero-order chi connectivity index (χ0) is 15.4. The highest BCUT2D eigenvalue weighted by Gasteiger charge is 2.31. The summed E-state index contributed by atoms with van der Waals surface area (Å²) in [5.41, 5.74) is 0. The summed E-state index contributed by atoms with van der Waals surface area (Å²) in [6, 6.07) is 0.451. The number of hydrogen-bond donors (Lipinski definition) is 0. The minimum Gasteiger partial charge on any atom is -0.302 e. The minimum absolute atomic E-state index is 0.305. The summed E-state index contributed by atoms with van der Waals surface area (Å²) < 4.78 is 27.3. The topological polar surface area (TPSA) is 43.9 Å². The van der Waals surface area contributed by atoms with Crippen LogP contribution in [0.25, 0.3) is 0 Å². The van der Waals surface area contributed by atoms with Crippen molar-refractivity contribution in [3.63, 3.8) is 0 Å². The molecule has 6 heteroatoms. The van der Waals surface area contributed by atoms with E-state index in [1.165, 1.54) is 32.1 Å². The van der Waals surface area contributed by atoms with Crippen LogP contribution in [-0.4, -0.2) is 80.1 Å². The summed E-state index contributed by atoms with van der Waals surface area (Å²) >= 11 is 0. The Bertz CT molecular complexity index is 442. The Morgan fingerprint density at radius 1 is 0.818 bits per heavy atom. The molecule has 0 aromatic carbocycles. The molecule has 0 N–H and O–H groups in total. The average molecular weight is 330 g/mol. The van der Waals surface area contributed by atoms with Crippen LogP contribution in [0.3, 0.4) is 0 Å². The van der Waals surface area contributed by atoms with E-state index in [1.54, 1.807) is 4.31 Å². The number of rotatable bonds is 5. The van der Waals surface area contributed by atoms with Gasteiger partial charge >= 0.3 is 0 Å². The Morgan fingerprint density at radius 3 is 2.18 bits per heavy atom. The molecule has 0 unspecified atom stereocenters. The lowest BCUT2D eigenvalue weighted by Gasteiger charge is -2.30. The smallest absolute Gasteiger partial charge is 0.215 e. The highest BCUT2D eigenvalue weighted by atomic mass is 32.2.